The number of rotatable bonds is 6. The van der Waals surface area contributed by atoms with Crippen LogP contribution in [0.4, 0.5) is 10.6 Å². The molecule has 0 unspecified atom stereocenters. The molecule has 0 spiro atoms. The summed E-state index contributed by atoms with van der Waals surface area (Å²) in [6.07, 6.45) is 0.544. The SMILES string of the molecule is Cc1ccc(-n2nc(C)cc2NC(=O)CN2CCCN(C(=O)OCC(C)C)CC2)cc1. The van der Waals surface area contributed by atoms with Crippen LogP contribution in [0.25, 0.3) is 5.69 Å². The van der Waals surface area contributed by atoms with Gasteiger partial charge in [-0.25, -0.2) is 9.48 Å². The van der Waals surface area contributed by atoms with Crippen molar-refractivity contribution in [3.63, 3.8) is 0 Å². The molecule has 2 aromatic rings. The van der Waals surface area contributed by atoms with Crippen molar-refractivity contribution in [3.8, 4) is 5.69 Å². The second-order valence-electron chi connectivity index (χ2n) is 8.55. The number of aryl methyl sites for hydroxylation is 2. The van der Waals surface area contributed by atoms with E-state index in [1.807, 2.05) is 58.0 Å². The Morgan fingerprint density at radius 3 is 2.55 bits per heavy atom. The maximum Gasteiger partial charge on any atom is 0.409 e. The van der Waals surface area contributed by atoms with Crippen molar-refractivity contribution in [2.75, 3.05) is 44.6 Å². The first-order valence-corrected chi connectivity index (χ1v) is 10.9. The Morgan fingerprint density at radius 2 is 1.84 bits per heavy atom. The summed E-state index contributed by atoms with van der Waals surface area (Å²) in [4.78, 5) is 28.8. The molecule has 1 fully saturated rings. The van der Waals surface area contributed by atoms with Crippen molar-refractivity contribution >= 4 is 17.8 Å². The van der Waals surface area contributed by atoms with E-state index in [-0.39, 0.29) is 18.5 Å². The maximum atomic E-state index is 12.7. The summed E-state index contributed by atoms with van der Waals surface area (Å²) in [5.74, 6) is 0.872. The van der Waals surface area contributed by atoms with Gasteiger partial charge < -0.3 is 15.0 Å². The number of aromatic nitrogens is 2. The summed E-state index contributed by atoms with van der Waals surface area (Å²) in [5.41, 5.74) is 2.90. The number of benzene rings is 1. The highest BCUT2D eigenvalue weighted by atomic mass is 16.6. The molecule has 3 rings (SSSR count). The quantitative estimate of drug-likeness (QED) is 0.766. The fourth-order valence-electron chi connectivity index (χ4n) is 3.50. The molecule has 1 saturated heterocycles. The number of amides is 2. The third-order valence-electron chi connectivity index (χ3n) is 5.13. The molecule has 2 heterocycles. The second kappa shape index (κ2) is 10.4. The van der Waals surface area contributed by atoms with Gasteiger partial charge >= 0.3 is 6.09 Å². The van der Waals surface area contributed by atoms with Crippen LogP contribution in [0.15, 0.2) is 30.3 Å². The molecular formula is C23H33N5O3. The highest BCUT2D eigenvalue weighted by Crippen LogP contribution is 2.18. The van der Waals surface area contributed by atoms with Gasteiger partial charge in [-0.2, -0.15) is 5.10 Å². The van der Waals surface area contributed by atoms with Crippen molar-refractivity contribution in [1.29, 1.82) is 0 Å². The van der Waals surface area contributed by atoms with Gasteiger partial charge in [0.25, 0.3) is 0 Å². The summed E-state index contributed by atoms with van der Waals surface area (Å²) in [5, 5.41) is 7.51. The molecule has 1 aromatic heterocycles. The molecule has 0 radical (unpaired) electrons. The second-order valence-corrected chi connectivity index (χ2v) is 8.55. The van der Waals surface area contributed by atoms with E-state index in [0.29, 0.717) is 38.0 Å². The van der Waals surface area contributed by atoms with Crippen molar-refractivity contribution < 1.29 is 14.3 Å². The number of carbonyl (C=O) groups excluding carboxylic acids is 2. The van der Waals surface area contributed by atoms with Crippen LogP contribution in [-0.4, -0.2) is 70.9 Å². The van der Waals surface area contributed by atoms with E-state index in [4.69, 9.17) is 4.74 Å². The van der Waals surface area contributed by atoms with Gasteiger partial charge in [0.05, 0.1) is 24.5 Å². The van der Waals surface area contributed by atoms with Gasteiger partial charge in [-0.3, -0.25) is 9.69 Å². The third kappa shape index (κ3) is 6.55. The van der Waals surface area contributed by atoms with Gasteiger partial charge in [-0.15, -0.1) is 0 Å². The Morgan fingerprint density at radius 1 is 1.10 bits per heavy atom. The molecule has 8 nitrogen and oxygen atoms in total. The number of ether oxygens (including phenoxy) is 1. The van der Waals surface area contributed by atoms with Crippen LogP contribution in [-0.2, 0) is 9.53 Å². The zero-order valence-corrected chi connectivity index (χ0v) is 18.9. The van der Waals surface area contributed by atoms with Crippen molar-refractivity contribution in [3.05, 3.63) is 41.6 Å². The number of carbonyl (C=O) groups is 2. The largest absolute Gasteiger partial charge is 0.449 e. The summed E-state index contributed by atoms with van der Waals surface area (Å²) in [7, 11) is 0. The fraction of sp³-hybridized carbons (Fsp3) is 0.522. The molecule has 0 atom stereocenters. The van der Waals surface area contributed by atoms with E-state index in [0.717, 1.165) is 24.3 Å². The molecule has 0 aliphatic carbocycles. The van der Waals surface area contributed by atoms with Crippen molar-refractivity contribution in [1.82, 2.24) is 19.6 Å². The lowest BCUT2D eigenvalue weighted by molar-refractivity contribution is -0.117. The minimum atomic E-state index is -0.266. The van der Waals surface area contributed by atoms with Crippen LogP contribution in [0.2, 0.25) is 0 Å². The number of nitrogens with one attached hydrogen (secondary N) is 1. The fourth-order valence-corrected chi connectivity index (χ4v) is 3.50. The Hall–Kier alpha value is -2.87. The molecule has 1 aliphatic rings. The first-order chi connectivity index (χ1) is 14.8. The molecule has 31 heavy (non-hydrogen) atoms. The van der Waals surface area contributed by atoms with E-state index in [9.17, 15) is 9.59 Å². The molecular weight excluding hydrogens is 394 g/mol. The van der Waals surface area contributed by atoms with Crippen LogP contribution in [0.3, 0.4) is 0 Å². The molecule has 1 N–H and O–H groups in total. The van der Waals surface area contributed by atoms with Crippen LogP contribution in [0.1, 0.15) is 31.5 Å². The summed E-state index contributed by atoms with van der Waals surface area (Å²) < 4.78 is 7.09. The molecule has 168 valence electrons. The number of nitrogens with zero attached hydrogens (tertiary/aromatic N) is 4. The van der Waals surface area contributed by atoms with E-state index in [1.165, 1.54) is 5.56 Å². The molecule has 1 aromatic carbocycles. The molecule has 1 aliphatic heterocycles. The van der Waals surface area contributed by atoms with Crippen molar-refractivity contribution in [2.45, 2.75) is 34.1 Å². The van der Waals surface area contributed by atoms with E-state index in [1.54, 1.807) is 9.58 Å². The van der Waals surface area contributed by atoms with Gasteiger partial charge in [-0.05, 0) is 38.3 Å². The Kier molecular flexibility index (Phi) is 7.68. The monoisotopic (exact) mass is 427 g/mol. The van der Waals surface area contributed by atoms with E-state index in [2.05, 4.69) is 15.3 Å². The predicted octanol–water partition coefficient (Wildman–Crippen LogP) is 3.23. The number of hydrogen-bond donors (Lipinski definition) is 1. The minimum absolute atomic E-state index is 0.0934. The van der Waals surface area contributed by atoms with Crippen LogP contribution >= 0.6 is 0 Å². The third-order valence-corrected chi connectivity index (χ3v) is 5.13. The zero-order chi connectivity index (χ0) is 22.4. The highest BCUT2D eigenvalue weighted by Gasteiger charge is 2.22. The van der Waals surface area contributed by atoms with Gasteiger partial charge in [0.1, 0.15) is 5.82 Å². The highest BCUT2D eigenvalue weighted by molar-refractivity contribution is 5.91. The zero-order valence-electron chi connectivity index (χ0n) is 18.9. The Labute approximate surface area is 184 Å². The summed E-state index contributed by atoms with van der Waals surface area (Å²) in [6.45, 7) is 11.3. The van der Waals surface area contributed by atoms with Crippen LogP contribution < -0.4 is 5.32 Å². The number of anilines is 1. The first kappa shape index (κ1) is 22.8. The first-order valence-electron chi connectivity index (χ1n) is 10.9. The predicted molar refractivity (Wildman–Crippen MR) is 120 cm³/mol. The molecule has 8 heteroatoms. The lowest BCUT2D eigenvalue weighted by atomic mass is 10.2. The van der Waals surface area contributed by atoms with Crippen molar-refractivity contribution in [2.24, 2.45) is 5.92 Å². The Balaban J connectivity index is 1.56. The lowest BCUT2D eigenvalue weighted by Gasteiger charge is -2.21. The Bertz CT molecular complexity index is 891. The van der Waals surface area contributed by atoms with E-state index >= 15 is 0 Å². The van der Waals surface area contributed by atoms with Crippen LogP contribution in [0.5, 0.6) is 0 Å². The van der Waals surface area contributed by atoms with Gasteiger partial charge in [0, 0.05) is 32.2 Å². The summed E-state index contributed by atoms with van der Waals surface area (Å²) in [6, 6.07) is 9.88. The standard InChI is InChI=1S/C23H33N5O3/c1-17(2)16-31-23(30)27-11-5-10-26(12-13-27)15-22(29)24-21-14-19(4)25-28(21)20-8-6-18(3)7-9-20/h6-9,14,17H,5,10-13,15-16H2,1-4H3,(H,24,29). The topological polar surface area (TPSA) is 79.7 Å². The lowest BCUT2D eigenvalue weighted by Crippen LogP contribution is -2.38. The minimum Gasteiger partial charge on any atom is -0.449 e. The molecule has 0 bridgehead atoms. The number of hydrogen-bond acceptors (Lipinski definition) is 5. The smallest absolute Gasteiger partial charge is 0.409 e. The van der Waals surface area contributed by atoms with Gasteiger partial charge in [0.2, 0.25) is 5.91 Å². The maximum absolute atomic E-state index is 12.7. The van der Waals surface area contributed by atoms with Gasteiger partial charge in [-0.1, -0.05) is 31.5 Å². The summed E-state index contributed by atoms with van der Waals surface area (Å²) >= 11 is 0. The normalized spacial score (nSPS) is 15.1. The van der Waals surface area contributed by atoms with Gasteiger partial charge in [0.15, 0.2) is 0 Å². The van der Waals surface area contributed by atoms with Crippen LogP contribution in [0, 0.1) is 19.8 Å². The average Bonchev–Trinajstić information content (AvgIpc) is 2.93. The molecule has 2 amide bonds. The van der Waals surface area contributed by atoms with E-state index < -0.39 is 0 Å². The average molecular weight is 428 g/mol. The molecule has 0 saturated carbocycles.